The molecule has 7 nitrogen and oxygen atoms in total. The third kappa shape index (κ3) is 3.93. The van der Waals surface area contributed by atoms with Crippen LogP contribution in [0.25, 0.3) is 0 Å². The van der Waals surface area contributed by atoms with Crippen LogP contribution in [0.3, 0.4) is 0 Å². The maximum atomic E-state index is 13.4. The van der Waals surface area contributed by atoms with Gasteiger partial charge in [0.25, 0.3) is 0 Å². The van der Waals surface area contributed by atoms with Crippen molar-refractivity contribution < 1.29 is 19.1 Å². The third-order valence-corrected chi connectivity index (χ3v) is 7.03. The molecule has 0 unspecified atom stereocenters. The normalized spacial score (nSPS) is 38.7. The Morgan fingerprint density at radius 1 is 1.24 bits per heavy atom. The van der Waals surface area contributed by atoms with Crippen molar-refractivity contribution in [1.29, 1.82) is 0 Å². The molecule has 3 heterocycles. The number of rotatable bonds is 2. The molecule has 2 amide bonds. The van der Waals surface area contributed by atoms with E-state index < -0.39 is 11.6 Å². The zero-order valence-electron chi connectivity index (χ0n) is 17.3. The van der Waals surface area contributed by atoms with Crippen LogP contribution in [-0.4, -0.2) is 60.5 Å². The number of amides is 2. The summed E-state index contributed by atoms with van der Waals surface area (Å²) in [6, 6.07) is -0.496. The first kappa shape index (κ1) is 20.4. The van der Waals surface area contributed by atoms with E-state index >= 15 is 0 Å². The van der Waals surface area contributed by atoms with E-state index in [1.54, 1.807) is 11.8 Å². The van der Waals surface area contributed by atoms with Crippen LogP contribution < -0.4 is 10.6 Å². The van der Waals surface area contributed by atoms with Gasteiger partial charge in [0.2, 0.25) is 11.8 Å². The number of allylic oxidation sites excluding steroid dienone is 1. The molecule has 160 valence electrons. The van der Waals surface area contributed by atoms with E-state index in [1.807, 2.05) is 0 Å². The van der Waals surface area contributed by atoms with Gasteiger partial charge < -0.3 is 20.3 Å². The summed E-state index contributed by atoms with van der Waals surface area (Å²) in [4.78, 5) is 40.9. The van der Waals surface area contributed by atoms with Gasteiger partial charge in [0.15, 0.2) is 0 Å². The minimum atomic E-state index is -0.970. The molecular formula is C22H33N3O4. The number of nitrogens with one attached hydrogen (secondary N) is 2. The molecular weight excluding hydrogens is 370 g/mol. The molecule has 5 atom stereocenters. The second-order valence-electron chi connectivity index (χ2n) is 8.95. The van der Waals surface area contributed by atoms with Crippen molar-refractivity contribution in [2.75, 3.05) is 26.2 Å². The summed E-state index contributed by atoms with van der Waals surface area (Å²) in [6.45, 7) is 4.27. The predicted molar refractivity (Wildman–Crippen MR) is 108 cm³/mol. The minimum Gasteiger partial charge on any atom is -0.464 e. The van der Waals surface area contributed by atoms with Gasteiger partial charge in [-0.2, -0.15) is 0 Å². The van der Waals surface area contributed by atoms with E-state index in [0.29, 0.717) is 25.3 Å². The van der Waals surface area contributed by atoms with Crippen LogP contribution in [0.1, 0.15) is 51.9 Å². The molecule has 0 bridgehead atoms. The topological polar surface area (TPSA) is 87.7 Å². The second-order valence-corrected chi connectivity index (χ2v) is 8.95. The zero-order chi connectivity index (χ0) is 20.4. The quantitative estimate of drug-likeness (QED) is 0.537. The van der Waals surface area contributed by atoms with Gasteiger partial charge in [-0.15, -0.1) is 0 Å². The minimum absolute atomic E-state index is 0.0290. The number of esters is 1. The molecule has 7 heteroatoms. The van der Waals surface area contributed by atoms with Crippen LogP contribution in [0.5, 0.6) is 0 Å². The number of hydrogen-bond donors (Lipinski definition) is 2. The zero-order valence-corrected chi connectivity index (χ0v) is 17.3. The lowest BCUT2D eigenvalue weighted by atomic mass is 9.93. The lowest BCUT2D eigenvalue weighted by Crippen LogP contribution is -2.55. The first-order valence-corrected chi connectivity index (χ1v) is 11.2. The van der Waals surface area contributed by atoms with Gasteiger partial charge in [0.1, 0.15) is 11.6 Å². The third-order valence-electron chi connectivity index (χ3n) is 7.03. The number of ether oxygens (including phenoxy) is 1. The molecule has 1 saturated carbocycles. The molecule has 29 heavy (non-hydrogen) atoms. The molecule has 0 aromatic rings. The molecule has 1 aliphatic carbocycles. The van der Waals surface area contributed by atoms with Gasteiger partial charge in [-0.05, 0) is 38.5 Å². The predicted octanol–water partition coefficient (Wildman–Crippen LogP) is 1.38. The Bertz CT molecular complexity index is 694. The molecule has 0 radical (unpaired) electrons. The highest BCUT2D eigenvalue weighted by atomic mass is 16.5. The van der Waals surface area contributed by atoms with Crippen LogP contribution in [-0.2, 0) is 19.1 Å². The summed E-state index contributed by atoms with van der Waals surface area (Å²) in [5, 5.41) is 6.40. The first-order valence-electron chi connectivity index (χ1n) is 11.2. The van der Waals surface area contributed by atoms with Crippen molar-refractivity contribution in [2.45, 2.75) is 63.5 Å². The van der Waals surface area contributed by atoms with Crippen molar-refractivity contribution in [1.82, 2.24) is 15.5 Å². The van der Waals surface area contributed by atoms with E-state index in [2.05, 4.69) is 22.8 Å². The lowest BCUT2D eigenvalue weighted by molar-refractivity contribution is -0.150. The van der Waals surface area contributed by atoms with Crippen LogP contribution in [0, 0.1) is 17.8 Å². The van der Waals surface area contributed by atoms with Crippen molar-refractivity contribution >= 4 is 17.8 Å². The summed E-state index contributed by atoms with van der Waals surface area (Å²) in [6.07, 6.45) is 10.3. The van der Waals surface area contributed by atoms with Crippen LogP contribution in [0.15, 0.2) is 12.2 Å². The van der Waals surface area contributed by atoms with Gasteiger partial charge in [0, 0.05) is 37.9 Å². The molecule has 3 aliphatic heterocycles. The van der Waals surface area contributed by atoms with Crippen LogP contribution in [0.2, 0.25) is 0 Å². The number of carbonyl (C=O) groups is 3. The average Bonchev–Trinajstić information content (AvgIpc) is 3.02. The summed E-state index contributed by atoms with van der Waals surface area (Å²) in [5.74, 6) is -0.0925. The van der Waals surface area contributed by atoms with E-state index in [1.165, 1.54) is 0 Å². The highest BCUT2D eigenvalue weighted by Crippen LogP contribution is 2.46. The number of fused-ring (bicyclic) bond motifs is 4. The Morgan fingerprint density at radius 3 is 2.90 bits per heavy atom. The van der Waals surface area contributed by atoms with Crippen molar-refractivity contribution in [3.63, 3.8) is 0 Å². The number of hydrogen-bond acceptors (Lipinski definition) is 5. The van der Waals surface area contributed by atoms with E-state index in [4.69, 9.17) is 4.74 Å². The Balaban J connectivity index is 1.59. The Hall–Kier alpha value is -1.89. The van der Waals surface area contributed by atoms with Gasteiger partial charge in [0.05, 0.1) is 6.61 Å². The SMILES string of the molecule is CCOC(=O)[C@@]12C[C@H]1/C=C\CCCCCCC(=O)N1C[C@@H]3CNC[C@@H]3[C@H]1C(=O)N2. The fourth-order valence-corrected chi connectivity index (χ4v) is 5.31. The molecule has 4 rings (SSSR count). The van der Waals surface area contributed by atoms with Gasteiger partial charge >= 0.3 is 5.97 Å². The first-order chi connectivity index (χ1) is 14.1. The largest absolute Gasteiger partial charge is 0.464 e. The molecule has 0 spiro atoms. The number of carbonyl (C=O) groups excluding carboxylic acids is 3. The fourth-order valence-electron chi connectivity index (χ4n) is 5.31. The molecule has 0 aromatic carbocycles. The van der Waals surface area contributed by atoms with E-state index in [0.717, 1.165) is 45.2 Å². The molecule has 2 N–H and O–H groups in total. The summed E-state index contributed by atoms with van der Waals surface area (Å²) in [5.41, 5.74) is -0.970. The summed E-state index contributed by atoms with van der Waals surface area (Å²) >= 11 is 0. The summed E-state index contributed by atoms with van der Waals surface area (Å²) < 4.78 is 5.30. The Morgan fingerprint density at radius 2 is 2.07 bits per heavy atom. The maximum Gasteiger partial charge on any atom is 0.332 e. The molecule has 3 fully saturated rings. The van der Waals surface area contributed by atoms with Gasteiger partial charge in [-0.1, -0.05) is 25.0 Å². The maximum absolute atomic E-state index is 13.4. The lowest BCUT2D eigenvalue weighted by Gasteiger charge is -2.29. The summed E-state index contributed by atoms with van der Waals surface area (Å²) in [7, 11) is 0. The molecule has 4 aliphatic rings. The Labute approximate surface area is 172 Å². The Kier molecular flexibility index (Phi) is 5.95. The van der Waals surface area contributed by atoms with Crippen molar-refractivity contribution in [2.24, 2.45) is 17.8 Å². The standard InChI is InChI=1S/C22H33N3O4/c1-2-29-21(28)22-11-16(22)9-7-5-3-4-6-8-10-18(26)25-14-15-12-23-13-17(15)19(25)20(27)24-22/h7,9,15-17,19,23H,2-6,8,10-14H2,1H3,(H,24,27)/b9-7-/t15-,16+,17-,19-,22+/m0/s1. The number of nitrogens with zero attached hydrogens (tertiary/aromatic N) is 1. The van der Waals surface area contributed by atoms with Crippen LogP contribution in [0.4, 0.5) is 0 Å². The van der Waals surface area contributed by atoms with Gasteiger partial charge in [-0.3, -0.25) is 9.59 Å². The van der Waals surface area contributed by atoms with Gasteiger partial charge in [-0.25, -0.2) is 4.79 Å². The second kappa shape index (κ2) is 8.46. The average molecular weight is 404 g/mol. The highest BCUT2D eigenvalue weighted by molar-refractivity contribution is 5.95. The van der Waals surface area contributed by atoms with Crippen molar-refractivity contribution in [3.8, 4) is 0 Å². The highest BCUT2D eigenvalue weighted by Gasteiger charge is 2.62. The van der Waals surface area contributed by atoms with E-state index in [9.17, 15) is 14.4 Å². The molecule has 2 saturated heterocycles. The smallest absolute Gasteiger partial charge is 0.332 e. The fraction of sp³-hybridized carbons (Fsp3) is 0.773. The monoisotopic (exact) mass is 403 g/mol. The molecule has 0 aromatic heterocycles. The van der Waals surface area contributed by atoms with Crippen LogP contribution >= 0.6 is 0 Å². The van der Waals surface area contributed by atoms with E-state index in [-0.39, 0.29) is 36.2 Å². The van der Waals surface area contributed by atoms with Crippen molar-refractivity contribution in [3.05, 3.63) is 12.2 Å².